The molecular weight excluding hydrogens is 178 g/mol. The van der Waals surface area contributed by atoms with E-state index in [0.717, 1.165) is 18.5 Å². The van der Waals surface area contributed by atoms with Gasteiger partial charge in [-0.2, -0.15) is 0 Å². The lowest BCUT2D eigenvalue weighted by atomic mass is 10.00. The van der Waals surface area contributed by atoms with Gasteiger partial charge in [0.25, 0.3) is 5.56 Å². The molecule has 0 spiro atoms. The van der Waals surface area contributed by atoms with E-state index in [9.17, 15) is 4.79 Å². The molecule has 1 fully saturated rings. The first-order valence-electron chi connectivity index (χ1n) is 5.06. The Bertz CT molecular complexity index is 366. The highest BCUT2D eigenvalue weighted by Crippen LogP contribution is 2.19. The summed E-state index contributed by atoms with van der Waals surface area (Å²) in [6, 6.07) is 0.195. The normalized spacial score (nSPS) is 22.2. The van der Waals surface area contributed by atoms with E-state index >= 15 is 0 Å². The molecule has 0 radical (unpaired) electrons. The molecule has 4 heteroatoms. The molecule has 14 heavy (non-hydrogen) atoms. The molecule has 1 atom stereocenters. The van der Waals surface area contributed by atoms with Crippen molar-refractivity contribution in [2.75, 3.05) is 6.54 Å². The third kappa shape index (κ3) is 1.85. The van der Waals surface area contributed by atoms with Gasteiger partial charge in [0.1, 0.15) is 5.82 Å². The average molecular weight is 193 g/mol. The average Bonchev–Trinajstić information content (AvgIpc) is 2.19. The van der Waals surface area contributed by atoms with Crippen LogP contribution in [0.15, 0.2) is 11.0 Å². The summed E-state index contributed by atoms with van der Waals surface area (Å²) >= 11 is 0. The fourth-order valence-corrected chi connectivity index (χ4v) is 1.86. The monoisotopic (exact) mass is 193 g/mol. The van der Waals surface area contributed by atoms with Crippen LogP contribution in [-0.4, -0.2) is 16.5 Å². The number of hydrogen-bond acceptors (Lipinski definition) is 3. The first-order chi connectivity index (χ1) is 6.77. The Hall–Kier alpha value is -1.16. The maximum absolute atomic E-state index is 11.6. The fraction of sp³-hybridized carbons (Fsp3) is 0.600. The zero-order valence-corrected chi connectivity index (χ0v) is 8.34. The standard InChI is InChI=1S/C10H15N3O/c1-7-12-6-8(10(14)13-7)9-4-2-3-5-11-9/h6,9,11H,2-5H2,1H3,(H,12,13,14). The minimum Gasteiger partial charge on any atom is -0.311 e. The van der Waals surface area contributed by atoms with Gasteiger partial charge in [-0.05, 0) is 26.3 Å². The predicted octanol–water partition coefficient (Wildman–Crippen LogP) is 0.893. The molecule has 1 aliphatic heterocycles. The van der Waals surface area contributed by atoms with Gasteiger partial charge in [0, 0.05) is 12.2 Å². The van der Waals surface area contributed by atoms with Crippen LogP contribution >= 0.6 is 0 Å². The van der Waals surface area contributed by atoms with Crippen molar-refractivity contribution in [3.63, 3.8) is 0 Å². The number of aromatic nitrogens is 2. The van der Waals surface area contributed by atoms with Crippen LogP contribution < -0.4 is 10.9 Å². The van der Waals surface area contributed by atoms with E-state index in [0.29, 0.717) is 5.82 Å². The summed E-state index contributed by atoms with van der Waals surface area (Å²) < 4.78 is 0. The van der Waals surface area contributed by atoms with Gasteiger partial charge in [0.05, 0.1) is 5.56 Å². The van der Waals surface area contributed by atoms with Crippen molar-refractivity contribution in [3.05, 3.63) is 27.9 Å². The maximum atomic E-state index is 11.6. The molecule has 1 aliphatic rings. The molecule has 2 N–H and O–H groups in total. The Morgan fingerprint density at radius 1 is 1.50 bits per heavy atom. The highest BCUT2D eigenvalue weighted by molar-refractivity contribution is 5.11. The molecule has 0 aliphatic carbocycles. The molecule has 1 aromatic rings. The Balaban J connectivity index is 2.26. The number of hydrogen-bond donors (Lipinski definition) is 2. The van der Waals surface area contributed by atoms with Crippen LogP contribution in [0.2, 0.25) is 0 Å². The molecule has 1 saturated heterocycles. The van der Waals surface area contributed by atoms with Gasteiger partial charge >= 0.3 is 0 Å². The largest absolute Gasteiger partial charge is 0.311 e. The van der Waals surface area contributed by atoms with Crippen molar-refractivity contribution in [1.29, 1.82) is 0 Å². The van der Waals surface area contributed by atoms with Gasteiger partial charge in [-0.1, -0.05) is 6.42 Å². The highest BCUT2D eigenvalue weighted by Gasteiger charge is 2.17. The van der Waals surface area contributed by atoms with E-state index < -0.39 is 0 Å². The minimum absolute atomic E-state index is 0.00287. The highest BCUT2D eigenvalue weighted by atomic mass is 16.1. The molecule has 76 valence electrons. The minimum atomic E-state index is -0.00287. The number of aryl methyl sites for hydroxylation is 1. The van der Waals surface area contributed by atoms with E-state index in [1.807, 2.05) is 0 Å². The molecule has 1 aromatic heterocycles. The van der Waals surface area contributed by atoms with Gasteiger partial charge in [0.15, 0.2) is 0 Å². The summed E-state index contributed by atoms with van der Waals surface area (Å²) in [7, 11) is 0. The Morgan fingerprint density at radius 3 is 3.00 bits per heavy atom. The summed E-state index contributed by atoms with van der Waals surface area (Å²) in [6.45, 7) is 2.79. The molecule has 1 unspecified atom stereocenters. The number of nitrogens with one attached hydrogen (secondary N) is 2. The van der Waals surface area contributed by atoms with E-state index in [1.165, 1.54) is 12.8 Å². The van der Waals surface area contributed by atoms with Gasteiger partial charge in [-0.25, -0.2) is 4.98 Å². The molecule has 0 bridgehead atoms. The quantitative estimate of drug-likeness (QED) is 0.696. The number of nitrogens with zero attached hydrogens (tertiary/aromatic N) is 1. The lowest BCUT2D eigenvalue weighted by Gasteiger charge is -2.22. The third-order valence-corrected chi connectivity index (χ3v) is 2.64. The van der Waals surface area contributed by atoms with E-state index in [1.54, 1.807) is 13.1 Å². The predicted molar refractivity (Wildman–Crippen MR) is 54.2 cm³/mol. The summed E-state index contributed by atoms with van der Waals surface area (Å²) in [5.41, 5.74) is 0.771. The second-order valence-electron chi connectivity index (χ2n) is 3.76. The van der Waals surface area contributed by atoms with Gasteiger partial charge < -0.3 is 10.3 Å². The van der Waals surface area contributed by atoms with Crippen molar-refractivity contribution in [2.24, 2.45) is 0 Å². The molecular formula is C10H15N3O. The van der Waals surface area contributed by atoms with Crippen molar-refractivity contribution in [1.82, 2.24) is 15.3 Å². The van der Waals surface area contributed by atoms with E-state index in [4.69, 9.17) is 0 Å². The number of H-pyrrole nitrogens is 1. The van der Waals surface area contributed by atoms with Gasteiger partial charge in [-0.3, -0.25) is 4.79 Å². The van der Waals surface area contributed by atoms with Crippen LogP contribution in [0.5, 0.6) is 0 Å². The first kappa shape index (κ1) is 9.40. The zero-order valence-electron chi connectivity index (χ0n) is 8.34. The Labute approximate surface area is 82.8 Å². The van der Waals surface area contributed by atoms with Crippen molar-refractivity contribution >= 4 is 0 Å². The molecule has 0 saturated carbocycles. The van der Waals surface area contributed by atoms with E-state index in [-0.39, 0.29) is 11.6 Å². The Morgan fingerprint density at radius 2 is 2.36 bits per heavy atom. The second-order valence-corrected chi connectivity index (χ2v) is 3.76. The second kappa shape index (κ2) is 3.92. The molecule has 0 amide bonds. The fourth-order valence-electron chi connectivity index (χ4n) is 1.86. The summed E-state index contributed by atoms with van der Waals surface area (Å²) in [5, 5.41) is 3.34. The zero-order chi connectivity index (χ0) is 9.97. The number of aromatic amines is 1. The topological polar surface area (TPSA) is 57.8 Å². The van der Waals surface area contributed by atoms with Crippen molar-refractivity contribution < 1.29 is 0 Å². The summed E-state index contributed by atoms with van der Waals surface area (Å²) in [4.78, 5) is 18.5. The lowest BCUT2D eigenvalue weighted by molar-refractivity contribution is 0.408. The van der Waals surface area contributed by atoms with Crippen LogP contribution in [0.1, 0.15) is 36.7 Å². The van der Waals surface area contributed by atoms with E-state index in [2.05, 4.69) is 15.3 Å². The first-order valence-corrected chi connectivity index (χ1v) is 5.06. The molecule has 2 heterocycles. The SMILES string of the molecule is Cc1ncc(C2CCCCN2)c(=O)[nH]1. The Kier molecular flexibility index (Phi) is 2.63. The smallest absolute Gasteiger partial charge is 0.255 e. The van der Waals surface area contributed by atoms with Crippen LogP contribution in [0, 0.1) is 6.92 Å². The molecule has 4 nitrogen and oxygen atoms in total. The summed E-state index contributed by atoms with van der Waals surface area (Å²) in [5.74, 6) is 0.676. The third-order valence-electron chi connectivity index (χ3n) is 2.64. The van der Waals surface area contributed by atoms with Crippen LogP contribution in [0.3, 0.4) is 0 Å². The maximum Gasteiger partial charge on any atom is 0.255 e. The lowest BCUT2D eigenvalue weighted by Crippen LogP contribution is -2.31. The number of rotatable bonds is 1. The molecule has 2 rings (SSSR count). The summed E-state index contributed by atoms with van der Waals surface area (Å²) in [6.07, 6.45) is 5.11. The van der Waals surface area contributed by atoms with Gasteiger partial charge in [-0.15, -0.1) is 0 Å². The molecule has 0 aromatic carbocycles. The number of piperidine rings is 1. The van der Waals surface area contributed by atoms with Crippen molar-refractivity contribution in [3.8, 4) is 0 Å². The van der Waals surface area contributed by atoms with Crippen LogP contribution in [0.25, 0.3) is 0 Å². The van der Waals surface area contributed by atoms with Crippen molar-refractivity contribution in [2.45, 2.75) is 32.2 Å². The van der Waals surface area contributed by atoms with Gasteiger partial charge in [0.2, 0.25) is 0 Å². The van der Waals surface area contributed by atoms with Crippen LogP contribution in [0.4, 0.5) is 0 Å². The van der Waals surface area contributed by atoms with Crippen LogP contribution in [-0.2, 0) is 0 Å².